The van der Waals surface area contributed by atoms with E-state index in [9.17, 15) is 0 Å². The Labute approximate surface area is 126 Å². The van der Waals surface area contributed by atoms with Gasteiger partial charge < -0.3 is 5.32 Å². The molecule has 0 aromatic carbocycles. The van der Waals surface area contributed by atoms with Crippen LogP contribution in [0.4, 0.5) is 5.69 Å². The standard InChI is InChI=1S/C16H25N5/c1-4-7-20-11-14(9-18-20)17-10-15-8-16(13-5-6-13)19-21(15)12(2)3/h8-9,11-13,17H,4-7,10H2,1-3H3. The maximum atomic E-state index is 4.77. The summed E-state index contributed by atoms with van der Waals surface area (Å²) >= 11 is 0. The lowest BCUT2D eigenvalue weighted by Crippen LogP contribution is -2.11. The van der Waals surface area contributed by atoms with Crippen molar-refractivity contribution >= 4 is 5.69 Å². The van der Waals surface area contributed by atoms with Crippen LogP contribution in [0.1, 0.15) is 63.4 Å². The predicted octanol–water partition coefficient (Wildman–Crippen LogP) is 3.56. The van der Waals surface area contributed by atoms with Crippen LogP contribution in [0.2, 0.25) is 0 Å². The summed E-state index contributed by atoms with van der Waals surface area (Å²) in [5.74, 6) is 0.705. The zero-order chi connectivity index (χ0) is 14.8. The Kier molecular flexibility index (Phi) is 3.99. The van der Waals surface area contributed by atoms with Crippen molar-refractivity contribution < 1.29 is 0 Å². The smallest absolute Gasteiger partial charge is 0.0729 e. The monoisotopic (exact) mass is 287 g/mol. The van der Waals surface area contributed by atoms with Crippen molar-refractivity contribution in [2.45, 2.75) is 65.1 Å². The average molecular weight is 287 g/mol. The fourth-order valence-corrected chi connectivity index (χ4v) is 2.61. The highest BCUT2D eigenvalue weighted by Crippen LogP contribution is 2.39. The Balaban J connectivity index is 1.68. The highest BCUT2D eigenvalue weighted by atomic mass is 15.3. The molecule has 1 aliphatic rings. The third kappa shape index (κ3) is 3.28. The van der Waals surface area contributed by atoms with Gasteiger partial charge in [0.15, 0.2) is 0 Å². The Morgan fingerprint density at radius 3 is 2.86 bits per heavy atom. The van der Waals surface area contributed by atoms with E-state index in [4.69, 9.17) is 5.10 Å². The molecule has 1 fully saturated rings. The van der Waals surface area contributed by atoms with Crippen LogP contribution in [-0.2, 0) is 13.1 Å². The fourth-order valence-electron chi connectivity index (χ4n) is 2.61. The third-order valence-corrected chi connectivity index (χ3v) is 3.88. The van der Waals surface area contributed by atoms with Crippen molar-refractivity contribution in [3.63, 3.8) is 0 Å². The molecule has 2 aromatic rings. The maximum Gasteiger partial charge on any atom is 0.0729 e. The molecule has 3 rings (SSSR count). The summed E-state index contributed by atoms with van der Waals surface area (Å²) in [4.78, 5) is 0. The zero-order valence-corrected chi connectivity index (χ0v) is 13.2. The second kappa shape index (κ2) is 5.92. The average Bonchev–Trinajstić information content (AvgIpc) is 3.06. The van der Waals surface area contributed by atoms with E-state index in [0.29, 0.717) is 12.0 Å². The molecule has 2 aromatic heterocycles. The molecule has 0 spiro atoms. The molecule has 114 valence electrons. The lowest BCUT2D eigenvalue weighted by molar-refractivity contribution is 0.507. The highest BCUT2D eigenvalue weighted by molar-refractivity contribution is 5.38. The fraction of sp³-hybridized carbons (Fsp3) is 0.625. The van der Waals surface area contributed by atoms with Gasteiger partial charge in [-0.3, -0.25) is 9.36 Å². The molecule has 1 N–H and O–H groups in total. The van der Waals surface area contributed by atoms with Crippen molar-refractivity contribution in [2.24, 2.45) is 0 Å². The summed E-state index contributed by atoms with van der Waals surface area (Å²) in [6.45, 7) is 8.31. The molecule has 0 bridgehead atoms. The predicted molar refractivity (Wildman–Crippen MR) is 84.4 cm³/mol. The SMILES string of the molecule is CCCn1cc(NCc2cc(C3CC3)nn2C(C)C)cn1. The van der Waals surface area contributed by atoms with Gasteiger partial charge in [-0.15, -0.1) is 0 Å². The van der Waals surface area contributed by atoms with Gasteiger partial charge in [0.2, 0.25) is 0 Å². The molecule has 1 aliphatic carbocycles. The number of aryl methyl sites for hydroxylation is 1. The van der Waals surface area contributed by atoms with E-state index in [-0.39, 0.29) is 0 Å². The topological polar surface area (TPSA) is 47.7 Å². The normalized spacial score (nSPS) is 14.9. The van der Waals surface area contributed by atoms with Crippen LogP contribution in [0.25, 0.3) is 0 Å². The van der Waals surface area contributed by atoms with Crippen molar-refractivity contribution in [3.8, 4) is 0 Å². The molecule has 21 heavy (non-hydrogen) atoms. The van der Waals surface area contributed by atoms with Crippen molar-refractivity contribution in [1.82, 2.24) is 19.6 Å². The number of nitrogens with zero attached hydrogens (tertiary/aromatic N) is 4. The number of rotatable bonds is 7. The molecule has 1 saturated carbocycles. The second-order valence-electron chi connectivity index (χ2n) is 6.22. The van der Waals surface area contributed by atoms with Gasteiger partial charge in [-0.2, -0.15) is 10.2 Å². The summed E-state index contributed by atoms with van der Waals surface area (Å²) in [5.41, 5.74) is 3.60. The first-order chi connectivity index (χ1) is 10.2. The quantitative estimate of drug-likeness (QED) is 0.847. The summed E-state index contributed by atoms with van der Waals surface area (Å²) in [6, 6.07) is 2.67. The maximum absolute atomic E-state index is 4.77. The van der Waals surface area contributed by atoms with Gasteiger partial charge in [0.1, 0.15) is 0 Å². The van der Waals surface area contributed by atoms with E-state index in [2.05, 4.69) is 48.1 Å². The highest BCUT2D eigenvalue weighted by Gasteiger charge is 2.27. The van der Waals surface area contributed by atoms with Crippen LogP contribution in [0.5, 0.6) is 0 Å². The largest absolute Gasteiger partial charge is 0.377 e. The molecule has 2 heterocycles. The third-order valence-electron chi connectivity index (χ3n) is 3.88. The minimum Gasteiger partial charge on any atom is -0.377 e. The van der Waals surface area contributed by atoms with Crippen molar-refractivity contribution in [2.75, 3.05) is 5.32 Å². The Morgan fingerprint density at radius 1 is 1.38 bits per heavy atom. The zero-order valence-electron chi connectivity index (χ0n) is 13.2. The molecule has 0 saturated heterocycles. The van der Waals surface area contributed by atoms with E-state index in [1.807, 2.05) is 10.9 Å². The molecule has 0 aliphatic heterocycles. The van der Waals surface area contributed by atoms with E-state index in [1.165, 1.54) is 24.2 Å². The molecule has 0 unspecified atom stereocenters. The summed E-state index contributed by atoms with van der Waals surface area (Å²) in [6.07, 6.45) is 7.67. The second-order valence-corrected chi connectivity index (χ2v) is 6.22. The van der Waals surface area contributed by atoms with Gasteiger partial charge in [0.05, 0.1) is 29.8 Å². The van der Waals surface area contributed by atoms with Gasteiger partial charge in [0, 0.05) is 24.7 Å². The molecule has 0 atom stereocenters. The first kappa shape index (κ1) is 14.2. The first-order valence-electron chi connectivity index (χ1n) is 8.02. The van der Waals surface area contributed by atoms with E-state index < -0.39 is 0 Å². The number of aromatic nitrogens is 4. The van der Waals surface area contributed by atoms with Crippen LogP contribution < -0.4 is 5.32 Å². The Bertz CT molecular complexity index is 592. The first-order valence-corrected chi connectivity index (χ1v) is 8.02. The molecular weight excluding hydrogens is 262 g/mol. The van der Waals surface area contributed by atoms with Crippen LogP contribution in [0.3, 0.4) is 0 Å². The molecule has 0 radical (unpaired) electrons. The minimum atomic E-state index is 0.400. The minimum absolute atomic E-state index is 0.400. The van der Waals surface area contributed by atoms with Gasteiger partial charge in [-0.1, -0.05) is 6.92 Å². The van der Waals surface area contributed by atoms with E-state index in [1.54, 1.807) is 0 Å². The number of hydrogen-bond acceptors (Lipinski definition) is 3. The van der Waals surface area contributed by atoms with Gasteiger partial charge in [-0.05, 0) is 39.2 Å². The molecule has 0 amide bonds. The molecule has 5 heteroatoms. The van der Waals surface area contributed by atoms with E-state index >= 15 is 0 Å². The summed E-state index contributed by atoms with van der Waals surface area (Å²) < 4.78 is 4.13. The number of hydrogen-bond donors (Lipinski definition) is 1. The van der Waals surface area contributed by atoms with Crippen LogP contribution >= 0.6 is 0 Å². The van der Waals surface area contributed by atoms with E-state index in [0.717, 1.165) is 25.2 Å². The summed E-state index contributed by atoms with van der Waals surface area (Å²) in [7, 11) is 0. The van der Waals surface area contributed by atoms with Gasteiger partial charge >= 0.3 is 0 Å². The van der Waals surface area contributed by atoms with Gasteiger partial charge in [-0.25, -0.2) is 0 Å². The number of anilines is 1. The van der Waals surface area contributed by atoms with Crippen molar-refractivity contribution in [3.05, 3.63) is 29.8 Å². The molecule has 5 nitrogen and oxygen atoms in total. The van der Waals surface area contributed by atoms with Crippen LogP contribution in [0, 0.1) is 0 Å². The van der Waals surface area contributed by atoms with Crippen LogP contribution in [0.15, 0.2) is 18.5 Å². The summed E-state index contributed by atoms with van der Waals surface area (Å²) in [5, 5.41) is 12.6. The van der Waals surface area contributed by atoms with Gasteiger partial charge in [0.25, 0.3) is 0 Å². The van der Waals surface area contributed by atoms with Crippen molar-refractivity contribution in [1.29, 1.82) is 0 Å². The number of nitrogens with one attached hydrogen (secondary N) is 1. The van der Waals surface area contributed by atoms with Crippen LogP contribution in [-0.4, -0.2) is 19.6 Å². The molecular formula is C16H25N5. The lowest BCUT2D eigenvalue weighted by atomic mass is 10.2. The lowest BCUT2D eigenvalue weighted by Gasteiger charge is -2.11. The Morgan fingerprint density at radius 2 is 2.19 bits per heavy atom. The Hall–Kier alpha value is -1.78.